The first-order valence-electron chi connectivity index (χ1n) is 18.5. The van der Waals surface area contributed by atoms with Crippen LogP contribution < -0.4 is 0 Å². The van der Waals surface area contributed by atoms with Gasteiger partial charge in [0.05, 0.1) is 28.8 Å². The van der Waals surface area contributed by atoms with E-state index in [1.807, 2.05) is 18.2 Å². The predicted octanol–water partition coefficient (Wildman–Crippen LogP) is 13.8. The van der Waals surface area contributed by atoms with E-state index in [1.165, 1.54) is 66.8 Å². The topological polar surface area (TPSA) is 0 Å². The summed E-state index contributed by atoms with van der Waals surface area (Å²) in [6.45, 7) is 27.8. The summed E-state index contributed by atoms with van der Waals surface area (Å²) in [6, 6.07) is 40.5. The molecule has 51 heavy (non-hydrogen) atoms. The molecule has 3 aromatic rings. The van der Waals surface area contributed by atoms with Gasteiger partial charge in [-0.25, -0.2) is 0 Å². The first-order valence-corrected chi connectivity index (χ1v) is 18.5. The van der Waals surface area contributed by atoms with E-state index in [0.29, 0.717) is 0 Å². The molecule has 0 saturated heterocycles. The molecule has 0 nitrogen and oxygen atoms in total. The van der Waals surface area contributed by atoms with E-state index >= 15 is 0 Å². The SMILES string of the molecule is CC(C)(C)C1=C/C(=C(/c2ccc(C#Cc3ccccc3)cc2)c2cc(C(C)(C)C)c3ccc(C(C)(C)C)ccc2-3)c2cc[c+](C(C)(C)C)ccc21. The minimum Gasteiger partial charge on any atom is -0.0622 e. The van der Waals surface area contributed by atoms with Gasteiger partial charge in [0.25, 0.3) is 0 Å². The van der Waals surface area contributed by atoms with Crippen molar-refractivity contribution in [3.8, 4) is 23.0 Å². The van der Waals surface area contributed by atoms with Crippen LogP contribution in [0, 0.1) is 17.3 Å². The molecule has 0 amide bonds. The monoisotopic (exact) mass is 667 g/mol. The van der Waals surface area contributed by atoms with Crippen LogP contribution in [0.5, 0.6) is 0 Å². The molecular weight excluding hydrogens is 613 g/mol. The molecule has 0 radical (unpaired) electrons. The highest BCUT2D eigenvalue weighted by Gasteiger charge is 2.34. The maximum Gasteiger partial charge on any atom is 0.0582 e. The van der Waals surface area contributed by atoms with Gasteiger partial charge in [0.15, 0.2) is 0 Å². The summed E-state index contributed by atoms with van der Waals surface area (Å²) in [6.07, 6.45) is 2.49. The summed E-state index contributed by atoms with van der Waals surface area (Å²) in [5, 5.41) is 0. The van der Waals surface area contributed by atoms with Crippen LogP contribution in [0.25, 0.3) is 27.8 Å². The second-order valence-corrected chi connectivity index (χ2v) is 18.4. The minimum absolute atomic E-state index is 0.0343. The fourth-order valence-corrected chi connectivity index (χ4v) is 7.20. The van der Waals surface area contributed by atoms with Gasteiger partial charge in [-0.05, 0) is 118 Å². The lowest BCUT2D eigenvalue weighted by Crippen LogP contribution is -2.10. The average molecular weight is 668 g/mol. The van der Waals surface area contributed by atoms with Crippen molar-refractivity contribution < 1.29 is 0 Å². The summed E-state index contributed by atoms with van der Waals surface area (Å²) < 4.78 is 0. The molecule has 3 aliphatic carbocycles. The van der Waals surface area contributed by atoms with Gasteiger partial charge >= 0.3 is 0 Å². The van der Waals surface area contributed by atoms with Crippen molar-refractivity contribution in [3.63, 3.8) is 0 Å². The molecule has 0 aliphatic heterocycles. The van der Waals surface area contributed by atoms with Gasteiger partial charge in [-0.2, -0.15) is 0 Å². The Labute approximate surface area is 308 Å². The average Bonchev–Trinajstić information content (AvgIpc) is 3.38. The Hall–Kier alpha value is -4.73. The molecule has 258 valence electrons. The van der Waals surface area contributed by atoms with E-state index in [4.69, 9.17) is 0 Å². The highest BCUT2D eigenvalue weighted by Crippen LogP contribution is 2.51. The predicted molar refractivity (Wildman–Crippen MR) is 222 cm³/mol. The smallest absolute Gasteiger partial charge is 0.0582 e. The standard InChI is InChI=1S/C51H55/c1-48(2,3)37-24-28-39-41(30-26-37)45(50(7,8)9)32-43(39)47(36-22-20-35(21-23-36)19-18-34-16-14-13-15-17-34)44-33-46(51(10,11)12)42-31-27-38(49(4,5)6)25-29-40(42)44/h13-17,20-33H,1-12H3/q+1/b47-43+. The van der Waals surface area contributed by atoms with E-state index in [0.717, 1.165) is 11.1 Å². The van der Waals surface area contributed by atoms with Crippen molar-refractivity contribution in [2.24, 2.45) is 5.41 Å². The molecule has 0 heteroatoms. The van der Waals surface area contributed by atoms with Gasteiger partial charge in [0.1, 0.15) is 0 Å². The molecule has 0 bridgehead atoms. The van der Waals surface area contributed by atoms with Crippen LogP contribution in [0.15, 0.2) is 115 Å². The molecule has 0 saturated carbocycles. The molecule has 0 N–H and O–H groups in total. The third-order valence-electron chi connectivity index (χ3n) is 10.2. The number of benzene rings is 2. The van der Waals surface area contributed by atoms with Crippen LogP contribution in [0.2, 0.25) is 0 Å². The number of fused-ring (bicyclic) bond motifs is 2. The van der Waals surface area contributed by atoms with E-state index in [2.05, 4.69) is 192 Å². The fraction of sp³-hybridized carbons (Fsp3) is 0.314. The second-order valence-electron chi connectivity index (χ2n) is 18.4. The number of allylic oxidation sites excluding steroid dienone is 3. The van der Waals surface area contributed by atoms with Gasteiger partial charge in [0.2, 0.25) is 0 Å². The summed E-state index contributed by atoms with van der Waals surface area (Å²) in [4.78, 5) is 0. The largest absolute Gasteiger partial charge is 0.0622 e. The number of hydrogen-bond acceptors (Lipinski definition) is 0. The lowest BCUT2D eigenvalue weighted by molar-refractivity contribution is 0.568. The van der Waals surface area contributed by atoms with Crippen LogP contribution in [-0.4, -0.2) is 0 Å². The summed E-state index contributed by atoms with van der Waals surface area (Å²) in [5.74, 6) is 6.75. The third kappa shape index (κ3) is 7.51. The van der Waals surface area contributed by atoms with E-state index in [1.54, 1.807) is 0 Å². The maximum absolute atomic E-state index is 3.40. The Balaban J connectivity index is 1.70. The Morgan fingerprint density at radius 1 is 0.510 bits per heavy atom. The van der Waals surface area contributed by atoms with Crippen molar-refractivity contribution >= 4 is 16.7 Å². The van der Waals surface area contributed by atoms with Crippen molar-refractivity contribution in [1.29, 1.82) is 0 Å². The number of hydrogen-bond donors (Lipinski definition) is 0. The normalized spacial score (nSPS) is 14.5. The third-order valence-corrected chi connectivity index (χ3v) is 10.2. The zero-order valence-electron chi connectivity index (χ0n) is 33.0. The van der Waals surface area contributed by atoms with Gasteiger partial charge < -0.3 is 0 Å². The Morgan fingerprint density at radius 2 is 1.08 bits per heavy atom. The fourth-order valence-electron chi connectivity index (χ4n) is 7.20. The quantitative estimate of drug-likeness (QED) is 0.130. The molecule has 0 unspecified atom stereocenters. The zero-order chi connectivity index (χ0) is 36.9. The Bertz CT molecular complexity index is 2180. The van der Waals surface area contributed by atoms with Gasteiger partial charge in [0, 0.05) is 34.2 Å². The molecule has 3 aliphatic rings. The summed E-state index contributed by atoms with van der Waals surface area (Å²) in [5.41, 5.74) is 17.7. The van der Waals surface area contributed by atoms with Gasteiger partial charge in [-0.1, -0.05) is 129 Å². The molecule has 0 aromatic heterocycles. The molecular formula is C51H55+. The summed E-state index contributed by atoms with van der Waals surface area (Å²) in [7, 11) is 0. The highest BCUT2D eigenvalue weighted by atomic mass is 14.4. The maximum atomic E-state index is 3.40. The van der Waals surface area contributed by atoms with Crippen molar-refractivity contribution in [3.05, 3.63) is 165 Å². The van der Waals surface area contributed by atoms with Crippen LogP contribution in [0.3, 0.4) is 0 Å². The Kier molecular flexibility index (Phi) is 9.27. The minimum atomic E-state index is -0.0343. The first-order chi connectivity index (χ1) is 23.8. The van der Waals surface area contributed by atoms with Crippen molar-refractivity contribution in [2.45, 2.75) is 99.3 Å². The summed E-state index contributed by atoms with van der Waals surface area (Å²) >= 11 is 0. The lowest BCUT2D eigenvalue weighted by atomic mass is 9.83. The van der Waals surface area contributed by atoms with E-state index in [-0.39, 0.29) is 21.7 Å². The first kappa shape index (κ1) is 36.1. The van der Waals surface area contributed by atoms with Gasteiger partial charge in [-0.15, -0.1) is 0 Å². The highest BCUT2D eigenvalue weighted by molar-refractivity contribution is 6.12. The van der Waals surface area contributed by atoms with Gasteiger partial charge in [-0.3, -0.25) is 0 Å². The molecule has 0 spiro atoms. The van der Waals surface area contributed by atoms with Crippen LogP contribution in [0.4, 0.5) is 0 Å². The molecule has 0 heterocycles. The zero-order valence-corrected chi connectivity index (χ0v) is 33.0. The second kappa shape index (κ2) is 13.1. The molecule has 6 rings (SSSR count). The number of rotatable bonds is 2. The molecule has 0 fully saturated rings. The molecule has 3 aromatic carbocycles. The van der Waals surface area contributed by atoms with Crippen molar-refractivity contribution in [2.75, 3.05) is 0 Å². The van der Waals surface area contributed by atoms with E-state index in [9.17, 15) is 0 Å². The molecule has 0 atom stereocenters. The Morgan fingerprint density at radius 3 is 1.63 bits per heavy atom. The van der Waals surface area contributed by atoms with Crippen LogP contribution in [-0.2, 0) is 16.2 Å². The van der Waals surface area contributed by atoms with Crippen molar-refractivity contribution in [1.82, 2.24) is 0 Å². The lowest BCUT2D eigenvalue weighted by Gasteiger charge is -2.19. The van der Waals surface area contributed by atoms with Crippen LogP contribution >= 0.6 is 0 Å². The van der Waals surface area contributed by atoms with Crippen LogP contribution in [0.1, 0.15) is 133 Å². The van der Waals surface area contributed by atoms with E-state index < -0.39 is 0 Å².